The molecule has 1 rings (SSSR count). The second-order valence-corrected chi connectivity index (χ2v) is 3.77. The Morgan fingerprint density at radius 3 is 2.27 bits per heavy atom. The molecular formula is C8H7Cl3. The van der Waals surface area contributed by atoms with E-state index in [-0.39, 0.29) is 0 Å². The van der Waals surface area contributed by atoms with E-state index >= 15 is 0 Å². The highest BCUT2D eigenvalue weighted by Gasteiger charge is 2.10. The molecule has 0 amide bonds. The highest BCUT2D eigenvalue weighted by molar-refractivity contribution is 6.45. The van der Waals surface area contributed by atoms with E-state index in [0.29, 0.717) is 5.02 Å². The molecule has 1 aromatic carbocycles. The van der Waals surface area contributed by atoms with Crippen molar-refractivity contribution in [2.24, 2.45) is 0 Å². The minimum atomic E-state index is -0.538. The molecule has 0 atom stereocenters. The quantitative estimate of drug-likeness (QED) is 0.610. The highest BCUT2D eigenvalue weighted by atomic mass is 35.5. The van der Waals surface area contributed by atoms with Gasteiger partial charge >= 0.3 is 0 Å². The van der Waals surface area contributed by atoms with E-state index in [1.807, 2.05) is 19.1 Å². The van der Waals surface area contributed by atoms with Crippen LogP contribution in [0.15, 0.2) is 18.2 Å². The molecule has 0 aromatic heterocycles. The molecule has 0 aliphatic rings. The Kier molecular flexibility index (Phi) is 3.06. The van der Waals surface area contributed by atoms with Crippen molar-refractivity contribution < 1.29 is 0 Å². The molecule has 0 aliphatic heterocycles. The normalized spacial score (nSPS) is 10.6. The Hall–Kier alpha value is 0.0900. The first-order valence-electron chi connectivity index (χ1n) is 3.16. The van der Waals surface area contributed by atoms with Crippen LogP contribution >= 0.6 is 34.8 Å². The van der Waals surface area contributed by atoms with Crippen molar-refractivity contribution in [3.8, 4) is 0 Å². The molecule has 0 saturated heterocycles. The van der Waals surface area contributed by atoms with Crippen LogP contribution in [0.2, 0.25) is 5.02 Å². The van der Waals surface area contributed by atoms with Crippen LogP contribution < -0.4 is 0 Å². The zero-order valence-electron chi connectivity index (χ0n) is 5.94. The molecule has 0 bridgehead atoms. The summed E-state index contributed by atoms with van der Waals surface area (Å²) in [5, 5.41) is 0.625. The number of rotatable bonds is 1. The van der Waals surface area contributed by atoms with Gasteiger partial charge in [0.15, 0.2) is 0 Å². The van der Waals surface area contributed by atoms with Gasteiger partial charge in [0.25, 0.3) is 0 Å². The first-order chi connectivity index (χ1) is 5.13. The molecule has 0 spiro atoms. The Balaban J connectivity index is 3.21. The van der Waals surface area contributed by atoms with Gasteiger partial charge in [-0.3, -0.25) is 0 Å². The van der Waals surface area contributed by atoms with E-state index in [9.17, 15) is 0 Å². The first kappa shape index (κ1) is 9.18. The van der Waals surface area contributed by atoms with Crippen LogP contribution in [0.1, 0.15) is 16.0 Å². The van der Waals surface area contributed by atoms with Crippen molar-refractivity contribution in [1.29, 1.82) is 0 Å². The average molecular weight is 210 g/mol. The van der Waals surface area contributed by atoms with Crippen LogP contribution in [0.4, 0.5) is 0 Å². The third-order valence-electron chi connectivity index (χ3n) is 1.49. The SMILES string of the molecule is Cc1cccc(Cl)c1C(Cl)Cl. The number of alkyl halides is 2. The molecule has 0 radical (unpaired) electrons. The fraction of sp³-hybridized carbons (Fsp3) is 0.250. The summed E-state index contributed by atoms with van der Waals surface area (Å²) in [6.07, 6.45) is 0. The second-order valence-electron chi connectivity index (χ2n) is 2.27. The summed E-state index contributed by atoms with van der Waals surface area (Å²) in [5.41, 5.74) is 1.82. The first-order valence-corrected chi connectivity index (χ1v) is 4.41. The zero-order chi connectivity index (χ0) is 8.43. The number of aryl methyl sites for hydroxylation is 1. The van der Waals surface area contributed by atoms with Gasteiger partial charge < -0.3 is 0 Å². The Morgan fingerprint density at radius 1 is 1.27 bits per heavy atom. The molecule has 0 N–H and O–H groups in total. The molecule has 3 heteroatoms. The molecular weight excluding hydrogens is 202 g/mol. The van der Waals surface area contributed by atoms with Crippen molar-refractivity contribution in [1.82, 2.24) is 0 Å². The zero-order valence-corrected chi connectivity index (χ0v) is 8.21. The van der Waals surface area contributed by atoms with Crippen LogP contribution in [-0.4, -0.2) is 0 Å². The number of halogens is 3. The highest BCUT2D eigenvalue weighted by Crippen LogP contribution is 2.33. The Bertz CT molecular complexity index is 235. The van der Waals surface area contributed by atoms with Crippen molar-refractivity contribution in [2.45, 2.75) is 11.8 Å². The van der Waals surface area contributed by atoms with Gasteiger partial charge in [-0.05, 0) is 18.6 Å². The Morgan fingerprint density at radius 2 is 1.91 bits per heavy atom. The molecule has 0 heterocycles. The minimum absolute atomic E-state index is 0.538. The summed E-state index contributed by atoms with van der Waals surface area (Å²) >= 11 is 17.2. The fourth-order valence-electron chi connectivity index (χ4n) is 0.921. The van der Waals surface area contributed by atoms with E-state index in [2.05, 4.69) is 0 Å². The van der Waals surface area contributed by atoms with Gasteiger partial charge in [-0.15, -0.1) is 0 Å². The van der Waals surface area contributed by atoms with Crippen LogP contribution in [0, 0.1) is 6.92 Å². The molecule has 0 aliphatic carbocycles. The number of benzene rings is 1. The maximum atomic E-state index is 5.86. The predicted octanol–water partition coefficient (Wildman–Crippen LogP) is 4.12. The molecule has 11 heavy (non-hydrogen) atoms. The van der Waals surface area contributed by atoms with Crippen molar-refractivity contribution >= 4 is 34.8 Å². The second kappa shape index (κ2) is 3.66. The van der Waals surface area contributed by atoms with E-state index in [1.54, 1.807) is 6.07 Å². The van der Waals surface area contributed by atoms with E-state index in [1.165, 1.54) is 0 Å². The smallest absolute Gasteiger partial charge is 0.1000 e. The number of hydrogen-bond donors (Lipinski definition) is 0. The lowest BCUT2D eigenvalue weighted by atomic mass is 10.1. The van der Waals surface area contributed by atoms with Gasteiger partial charge in [-0.1, -0.05) is 46.9 Å². The molecule has 0 saturated carbocycles. The third kappa shape index (κ3) is 2.02. The summed E-state index contributed by atoms with van der Waals surface area (Å²) in [7, 11) is 0. The molecule has 0 nitrogen and oxygen atoms in total. The summed E-state index contributed by atoms with van der Waals surface area (Å²) < 4.78 is 0. The van der Waals surface area contributed by atoms with E-state index in [0.717, 1.165) is 11.1 Å². The van der Waals surface area contributed by atoms with Gasteiger partial charge in [-0.25, -0.2) is 0 Å². The van der Waals surface area contributed by atoms with Crippen LogP contribution in [0.3, 0.4) is 0 Å². The third-order valence-corrected chi connectivity index (χ3v) is 2.26. The standard InChI is InChI=1S/C8H7Cl3/c1-5-3-2-4-6(9)7(5)8(10)11/h2-4,8H,1H3. The summed E-state index contributed by atoms with van der Waals surface area (Å²) in [6.45, 7) is 1.93. The fourth-order valence-corrected chi connectivity index (χ4v) is 1.94. The number of hydrogen-bond acceptors (Lipinski definition) is 0. The van der Waals surface area contributed by atoms with Gasteiger partial charge in [-0.2, -0.15) is 0 Å². The van der Waals surface area contributed by atoms with Crippen LogP contribution in [-0.2, 0) is 0 Å². The molecule has 60 valence electrons. The maximum absolute atomic E-state index is 5.86. The van der Waals surface area contributed by atoms with Crippen LogP contribution in [0.25, 0.3) is 0 Å². The molecule has 0 unspecified atom stereocenters. The topological polar surface area (TPSA) is 0 Å². The van der Waals surface area contributed by atoms with Crippen LogP contribution in [0.5, 0.6) is 0 Å². The van der Waals surface area contributed by atoms with Crippen molar-refractivity contribution in [3.05, 3.63) is 34.3 Å². The van der Waals surface area contributed by atoms with Gasteiger partial charge in [0, 0.05) is 10.6 Å². The van der Waals surface area contributed by atoms with Gasteiger partial charge in [0.2, 0.25) is 0 Å². The Labute approximate surface area is 81.1 Å². The maximum Gasteiger partial charge on any atom is 0.134 e. The predicted molar refractivity (Wildman–Crippen MR) is 50.6 cm³/mol. The van der Waals surface area contributed by atoms with E-state index in [4.69, 9.17) is 34.8 Å². The van der Waals surface area contributed by atoms with E-state index < -0.39 is 4.84 Å². The van der Waals surface area contributed by atoms with Crippen molar-refractivity contribution in [3.63, 3.8) is 0 Å². The molecule has 0 fully saturated rings. The molecule has 1 aromatic rings. The minimum Gasteiger partial charge on any atom is -0.1000 e. The average Bonchev–Trinajstić information content (AvgIpc) is 1.85. The lowest BCUT2D eigenvalue weighted by molar-refractivity contribution is 1.27. The lowest BCUT2D eigenvalue weighted by Crippen LogP contribution is -1.87. The summed E-state index contributed by atoms with van der Waals surface area (Å²) in [5.74, 6) is 0. The van der Waals surface area contributed by atoms with Gasteiger partial charge in [0.05, 0.1) is 0 Å². The summed E-state index contributed by atoms with van der Waals surface area (Å²) in [6, 6.07) is 5.58. The monoisotopic (exact) mass is 208 g/mol. The lowest BCUT2D eigenvalue weighted by Gasteiger charge is -2.07. The summed E-state index contributed by atoms with van der Waals surface area (Å²) in [4.78, 5) is -0.538. The van der Waals surface area contributed by atoms with Gasteiger partial charge in [0.1, 0.15) is 4.84 Å². The largest absolute Gasteiger partial charge is 0.134 e. The van der Waals surface area contributed by atoms with Crippen molar-refractivity contribution in [2.75, 3.05) is 0 Å².